The highest BCUT2D eigenvalue weighted by Gasteiger charge is 2.04. The van der Waals surface area contributed by atoms with Gasteiger partial charge in [-0.15, -0.1) is 0 Å². The predicted octanol–water partition coefficient (Wildman–Crippen LogP) is -0.479. The zero-order chi connectivity index (χ0) is 7.52. The number of aromatic nitrogens is 1. The Kier molecular flexibility index (Phi) is 1.68. The first-order valence-electron chi connectivity index (χ1n) is 3.39. The second kappa shape index (κ2) is 2.83. The normalized spacial score (nSPS) is 16.4. The largest absolute Gasteiger partial charge is 0.305 e. The van der Waals surface area contributed by atoms with Crippen molar-refractivity contribution < 1.29 is 0 Å². The number of hydrazine groups is 3. The molecule has 11 heavy (non-hydrogen) atoms. The smallest absolute Gasteiger partial charge is 0.0800 e. The molecule has 2 rings (SSSR count). The van der Waals surface area contributed by atoms with E-state index in [1.807, 2.05) is 12.1 Å². The molecule has 0 fully saturated rings. The third kappa shape index (κ3) is 1.30. The topological polar surface area (TPSA) is 61.0 Å². The minimum absolute atomic E-state index is 0.705. The molecule has 1 aliphatic rings. The lowest BCUT2D eigenvalue weighted by atomic mass is 10.3. The van der Waals surface area contributed by atoms with Crippen LogP contribution in [0.4, 0.5) is 5.69 Å². The summed E-state index contributed by atoms with van der Waals surface area (Å²) in [6.07, 6.45) is 1.77. The third-order valence-electron chi connectivity index (χ3n) is 1.49. The summed E-state index contributed by atoms with van der Waals surface area (Å²) in [5.41, 5.74) is 13.3. The van der Waals surface area contributed by atoms with E-state index in [2.05, 4.69) is 26.9 Å². The molecule has 58 valence electrons. The average molecular weight is 151 g/mol. The molecule has 1 aliphatic heterocycles. The van der Waals surface area contributed by atoms with E-state index in [4.69, 9.17) is 0 Å². The summed E-state index contributed by atoms with van der Waals surface area (Å²) in [5, 5.41) is 0. The monoisotopic (exact) mass is 151 g/mol. The van der Waals surface area contributed by atoms with Gasteiger partial charge >= 0.3 is 0 Å². The van der Waals surface area contributed by atoms with Crippen molar-refractivity contribution in [2.24, 2.45) is 0 Å². The number of nitrogens with zero attached hydrogens (tertiary/aromatic N) is 1. The predicted molar refractivity (Wildman–Crippen MR) is 41.0 cm³/mol. The van der Waals surface area contributed by atoms with Crippen LogP contribution < -0.4 is 21.9 Å². The van der Waals surface area contributed by atoms with Gasteiger partial charge in [-0.2, -0.15) is 11.1 Å². The highest BCUT2D eigenvalue weighted by Crippen LogP contribution is 2.10. The molecule has 1 aromatic heterocycles. The van der Waals surface area contributed by atoms with Crippen molar-refractivity contribution in [2.75, 3.05) is 5.43 Å². The van der Waals surface area contributed by atoms with E-state index in [1.165, 1.54) is 0 Å². The lowest BCUT2D eigenvalue weighted by Gasteiger charge is -2.03. The minimum atomic E-state index is 0.705. The Balaban J connectivity index is 2.33. The molecular weight excluding hydrogens is 142 g/mol. The summed E-state index contributed by atoms with van der Waals surface area (Å²) < 4.78 is 0. The third-order valence-corrected chi connectivity index (χ3v) is 1.49. The maximum Gasteiger partial charge on any atom is 0.0800 e. The Morgan fingerprint density at radius 2 is 2.36 bits per heavy atom. The Labute approximate surface area is 64.1 Å². The highest BCUT2D eigenvalue weighted by atomic mass is 15.7. The van der Waals surface area contributed by atoms with Crippen molar-refractivity contribution in [3.05, 3.63) is 24.0 Å². The Bertz CT molecular complexity index is 223. The molecule has 2 heterocycles. The van der Waals surface area contributed by atoms with Gasteiger partial charge in [0.05, 0.1) is 17.9 Å². The van der Waals surface area contributed by atoms with E-state index in [1.54, 1.807) is 6.20 Å². The molecule has 0 aromatic carbocycles. The van der Waals surface area contributed by atoms with E-state index in [9.17, 15) is 0 Å². The van der Waals surface area contributed by atoms with Gasteiger partial charge in [0.15, 0.2) is 0 Å². The van der Waals surface area contributed by atoms with Crippen LogP contribution in [0.15, 0.2) is 18.3 Å². The van der Waals surface area contributed by atoms with Crippen LogP contribution >= 0.6 is 0 Å². The molecule has 0 unspecified atom stereocenters. The van der Waals surface area contributed by atoms with Gasteiger partial charge in [0.25, 0.3) is 0 Å². The number of nitrogens with one attached hydrogen (secondary N) is 4. The van der Waals surface area contributed by atoms with Crippen molar-refractivity contribution in [3.8, 4) is 0 Å². The molecule has 5 nitrogen and oxygen atoms in total. The molecule has 0 amide bonds. The number of pyridine rings is 1. The second-order valence-electron chi connectivity index (χ2n) is 2.23. The maximum absolute atomic E-state index is 4.17. The number of rotatable bonds is 0. The molecule has 0 radical (unpaired) electrons. The molecule has 0 aliphatic carbocycles. The van der Waals surface area contributed by atoms with Gasteiger partial charge in [-0.05, 0) is 12.1 Å². The van der Waals surface area contributed by atoms with E-state index in [-0.39, 0.29) is 0 Å². The summed E-state index contributed by atoms with van der Waals surface area (Å²) in [7, 11) is 0. The molecule has 0 atom stereocenters. The van der Waals surface area contributed by atoms with Crippen molar-refractivity contribution in [2.45, 2.75) is 6.54 Å². The molecule has 0 saturated heterocycles. The summed E-state index contributed by atoms with van der Waals surface area (Å²) >= 11 is 0. The number of hydrogen-bond donors (Lipinski definition) is 4. The fourth-order valence-corrected chi connectivity index (χ4v) is 0.963. The van der Waals surface area contributed by atoms with Crippen molar-refractivity contribution >= 4 is 5.69 Å². The van der Waals surface area contributed by atoms with E-state index in [0.717, 1.165) is 11.4 Å². The lowest BCUT2D eigenvalue weighted by Crippen LogP contribution is -2.43. The summed E-state index contributed by atoms with van der Waals surface area (Å²) in [6, 6.07) is 3.85. The van der Waals surface area contributed by atoms with Crippen molar-refractivity contribution in [1.82, 2.24) is 21.5 Å². The van der Waals surface area contributed by atoms with Crippen LogP contribution in [-0.2, 0) is 6.54 Å². The van der Waals surface area contributed by atoms with Crippen LogP contribution in [0.2, 0.25) is 0 Å². The van der Waals surface area contributed by atoms with Gasteiger partial charge in [-0.3, -0.25) is 4.98 Å². The van der Waals surface area contributed by atoms with Gasteiger partial charge in [-0.25, -0.2) is 5.43 Å². The Morgan fingerprint density at radius 3 is 3.36 bits per heavy atom. The molecule has 0 saturated carbocycles. The quantitative estimate of drug-likeness (QED) is 0.403. The second-order valence-corrected chi connectivity index (χ2v) is 2.23. The van der Waals surface area contributed by atoms with E-state index < -0.39 is 0 Å². The van der Waals surface area contributed by atoms with Crippen LogP contribution in [0.5, 0.6) is 0 Å². The van der Waals surface area contributed by atoms with E-state index in [0.29, 0.717) is 6.54 Å². The zero-order valence-corrected chi connectivity index (χ0v) is 5.89. The lowest BCUT2D eigenvalue weighted by molar-refractivity contribution is 0.476. The first kappa shape index (κ1) is 6.53. The van der Waals surface area contributed by atoms with Gasteiger partial charge in [0, 0.05) is 6.20 Å². The summed E-state index contributed by atoms with van der Waals surface area (Å²) in [6.45, 7) is 0.705. The first-order valence-corrected chi connectivity index (χ1v) is 3.39. The van der Waals surface area contributed by atoms with E-state index >= 15 is 0 Å². The molecule has 4 N–H and O–H groups in total. The first-order chi connectivity index (χ1) is 5.47. The highest BCUT2D eigenvalue weighted by molar-refractivity contribution is 5.46. The maximum atomic E-state index is 4.17. The minimum Gasteiger partial charge on any atom is -0.305 e. The Morgan fingerprint density at radius 1 is 1.36 bits per heavy atom. The van der Waals surface area contributed by atoms with Gasteiger partial charge < -0.3 is 5.43 Å². The number of fused-ring (bicyclic) bond motifs is 1. The van der Waals surface area contributed by atoms with Crippen molar-refractivity contribution in [1.29, 1.82) is 0 Å². The van der Waals surface area contributed by atoms with Crippen LogP contribution in [0.1, 0.15) is 5.69 Å². The fraction of sp³-hybridized carbons (Fsp3) is 0.167. The van der Waals surface area contributed by atoms with Gasteiger partial charge in [0.2, 0.25) is 0 Å². The molecule has 0 spiro atoms. The Hall–Kier alpha value is -1.17. The molecule has 5 heteroatoms. The van der Waals surface area contributed by atoms with Gasteiger partial charge in [-0.1, -0.05) is 0 Å². The molecule has 1 aromatic rings. The average Bonchev–Trinajstić information content (AvgIpc) is 2.28. The summed E-state index contributed by atoms with van der Waals surface area (Å²) in [5.74, 6) is 0. The van der Waals surface area contributed by atoms with Crippen LogP contribution in [0, 0.1) is 0 Å². The molecular formula is C6H9N5. The summed E-state index contributed by atoms with van der Waals surface area (Å²) in [4.78, 5) is 4.17. The number of anilines is 1. The SMILES string of the molecule is c1cnc2c(c1)NNNNC2. The van der Waals surface area contributed by atoms with Crippen LogP contribution in [0.25, 0.3) is 0 Å². The van der Waals surface area contributed by atoms with Gasteiger partial charge in [0.1, 0.15) is 0 Å². The van der Waals surface area contributed by atoms with Crippen LogP contribution in [0.3, 0.4) is 0 Å². The number of hydrogen-bond acceptors (Lipinski definition) is 5. The van der Waals surface area contributed by atoms with Crippen molar-refractivity contribution in [3.63, 3.8) is 0 Å². The fourth-order valence-electron chi connectivity index (χ4n) is 0.963. The zero-order valence-electron chi connectivity index (χ0n) is 5.89. The standard InChI is InChI=1S/C6H9N5/c1-2-5-6(7-3-1)4-8-10-11-9-5/h1-3,8-11H,4H2. The molecule has 0 bridgehead atoms. The van der Waals surface area contributed by atoms with Crippen LogP contribution in [-0.4, -0.2) is 4.98 Å².